The lowest BCUT2D eigenvalue weighted by atomic mass is 10.1. The van der Waals surface area contributed by atoms with Crippen molar-refractivity contribution in [3.05, 3.63) is 66.1 Å². The Morgan fingerprint density at radius 3 is 2.62 bits per heavy atom. The number of amides is 1. The number of aromatic nitrogens is 5. The van der Waals surface area contributed by atoms with E-state index in [2.05, 4.69) is 30.2 Å². The first-order chi connectivity index (χ1) is 17.7. The van der Waals surface area contributed by atoms with Gasteiger partial charge < -0.3 is 15.0 Å². The van der Waals surface area contributed by atoms with E-state index in [-0.39, 0.29) is 11.9 Å². The van der Waals surface area contributed by atoms with Gasteiger partial charge in [0.05, 0.1) is 38.0 Å². The van der Waals surface area contributed by atoms with Crippen LogP contribution in [0.15, 0.2) is 48.9 Å². The predicted molar refractivity (Wildman–Crippen MR) is 134 cm³/mol. The van der Waals surface area contributed by atoms with E-state index in [4.69, 9.17) is 4.74 Å². The lowest BCUT2D eigenvalue weighted by molar-refractivity contribution is 0.101. The highest BCUT2D eigenvalue weighted by molar-refractivity contribution is 7.92. The molecular formula is C23H23FN8O4S. The molecule has 192 valence electrons. The van der Waals surface area contributed by atoms with Gasteiger partial charge in [0, 0.05) is 23.5 Å². The molecule has 1 aliphatic heterocycles. The highest BCUT2D eigenvalue weighted by Crippen LogP contribution is 2.38. The van der Waals surface area contributed by atoms with Gasteiger partial charge in [0.1, 0.15) is 11.6 Å². The van der Waals surface area contributed by atoms with Crippen LogP contribution >= 0.6 is 0 Å². The first kappa shape index (κ1) is 24.4. The van der Waals surface area contributed by atoms with Crippen molar-refractivity contribution < 1.29 is 22.3 Å². The number of halogens is 1. The predicted octanol–water partition coefficient (Wildman–Crippen LogP) is 2.63. The lowest BCUT2D eigenvalue weighted by Gasteiger charge is -2.26. The molecule has 5 rings (SSSR count). The molecule has 1 atom stereocenters. The number of fused-ring (bicyclic) bond motifs is 1. The summed E-state index contributed by atoms with van der Waals surface area (Å²) in [5, 5.41) is 10.8. The number of benzene rings is 1. The molecule has 4 aromatic rings. The van der Waals surface area contributed by atoms with Crippen molar-refractivity contribution in [1.29, 1.82) is 0 Å². The van der Waals surface area contributed by atoms with Crippen molar-refractivity contribution in [2.24, 2.45) is 0 Å². The molecule has 0 spiro atoms. The third-order valence-corrected chi connectivity index (χ3v) is 6.48. The van der Waals surface area contributed by atoms with Crippen molar-refractivity contribution in [1.82, 2.24) is 24.6 Å². The summed E-state index contributed by atoms with van der Waals surface area (Å²) in [7, 11) is -1.92. The SMILES string of the molecule is COc1ncc(F)cc1[C@H]1CCCN1c1cn2c(C(=O)Nc3ccc(NS(C)(=O)=O)cc3)nnc2cn1. The van der Waals surface area contributed by atoms with E-state index in [9.17, 15) is 17.6 Å². The van der Waals surface area contributed by atoms with Crippen LogP contribution in [0, 0.1) is 5.82 Å². The molecule has 3 aromatic heterocycles. The summed E-state index contributed by atoms with van der Waals surface area (Å²) in [5.74, 6) is -0.0167. The summed E-state index contributed by atoms with van der Waals surface area (Å²) in [6, 6.07) is 7.40. The number of rotatable bonds is 7. The molecular weight excluding hydrogens is 503 g/mol. The number of hydrogen-bond donors (Lipinski definition) is 2. The second kappa shape index (κ2) is 9.61. The third-order valence-electron chi connectivity index (χ3n) is 5.87. The van der Waals surface area contributed by atoms with E-state index in [1.165, 1.54) is 35.9 Å². The van der Waals surface area contributed by atoms with E-state index >= 15 is 0 Å². The summed E-state index contributed by atoms with van der Waals surface area (Å²) >= 11 is 0. The van der Waals surface area contributed by atoms with Gasteiger partial charge in [0.2, 0.25) is 21.7 Å². The number of pyridine rings is 1. The van der Waals surface area contributed by atoms with Crippen LogP contribution in [0.1, 0.15) is 35.1 Å². The molecule has 1 saturated heterocycles. The first-order valence-electron chi connectivity index (χ1n) is 11.3. The maximum atomic E-state index is 14.0. The van der Waals surface area contributed by atoms with Crippen LogP contribution in [0.25, 0.3) is 5.65 Å². The van der Waals surface area contributed by atoms with Crippen LogP contribution in [-0.2, 0) is 10.0 Å². The van der Waals surface area contributed by atoms with Gasteiger partial charge in [0.15, 0.2) is 5.65 Å². The minimum absolute atomic E-state index is 0.0396. The van der Waals surface area contributed by atoms with Gasteiger partial charge >= 0.3 is 0 Å². The number of ether oxygens (including phenoxy) is 1. The summed E-state index contributed by atoms with van der Waals surface area (Å²) in [6.07, 6.45) is 6.95. The normalized spacial score (nSPS) is 15.6. The Bertz CT molecular complexity index is 1580. The van der Waals surface area contributed by atoms with Crippen LogP contribution < -0.4 is 19.7 Å². The maximum Gasteiger partial charge on any atom is 0.293 e. The number of sulfonamides is 1. The van der Waals surface area contributed by atoms with Crippen LogP contribution in [0.3, 0.4) is 0 Å². The highest BCUT2D eigenvalue weighted by atomic mass is 32.2. The number of methoxy groups -OCH3 is 1. The number of hydrogen-bond acceptors (Lipinski definition) is 9. The molecule has 0 radical (unpaired) electrons. The zero-order chi connectivity index (χ0) is 26.2. The van der Waals surface area contributed by atoms with E-state index < -0.39 is 21.7 Å². The summed E-state index contributed by atoms with van der Waals surface area (Å²) < 4.78 is 46.0. The molecule has 1 amide bonds. The summed E-state index contributed by atoms with van der Waals surface area (Å²) in [6.45, 7) is 0.667. The van der Waals surface area contributed by atoms with Gasteiger partial charge in [-0.1, -0.05) is 0 Å². The van der Waals surface area contributed by atoms with Gasteiger partial charge in [0.25, 0.3) is 5.91 Å². The molecule has 0 unspecified atom stereocenters. The second-order valence-corrected chi connectivity index (χ2v) is 10.3. The quantitative estimate of drug-likeness (QED) is 0.371. The number of anilines is 3. The average Bonchev–Trinajstić information content (AvgIpc) is 3.51. The Labute approximate surface area is 211 Å². The molecule has 12 nitrogen and oxygen atoms in total. The Balaban J connectivity index is 1.41. The molecule has 4 heterocycles. The standard InChI is InChI=1S/C23H23FN8O4S/c1-36-23-17(10-14(24)11-26-23)18-4-3-9-31(18)20-13-32-19(12-25-20)28-29-21(32)22(33)27-15-5-7-16(8-6-15)30-37(2,34)35/h5-8,10-13,18,30H,3-4,9H2,1-2H3,(H,27,33)/t18-/m1/s1. The molecule has 0 aliphatic carbocycles. The monoisotopic (exact) mass is 526 g/mol. The fourth-order valence-electron chi connectivity index (χ4n) is 4.33. The second-order valence-electron chi connectivity index (χ2n) is 8.51. The van der Waals surface area contributed by atoms with Crippen LogP contribution in [0.4, 0.5) is 21.6 Å². The Morgan fingerprint density at radius 2 is 1.89 bits per heavy atom. The minimum atomic E-state index is -3.41. The van der Waals surface area contributed by atoms with Gasteiger partial charge in [-0.05, 0) is 43.2 Å². The van der Waals surface area contributed by atoms with E-state index in [0.29, 0.717) is 40.8 Å². The summed E-state index contributed by atoms with van der Waals surface area (Å²) in [5.41, 5.74) is 1.81. The molecule has 14 heteroatoms. The van der Waals surface area contributed by atoms with E-state index in [0.717, 1.165) is 25.3 Å². The number of nitrogens with one attached hydrogen (secondary N) is 2. The van der Waals surface area contributed by atoms with E-state index in [1.807, 2.05) is 4.90 Å². The molecule has 0 saturated carbocycles. The maximum absolute atomic E-state index is 14.0. The van der Waals surface area contributed by atoms with Crippen molar-refractivity contribution in [2.45, 2.75) is 18.9 Å². The lowest BCUT2D eigenvalue weighted by Crippen LogP contribution is -2.25. The van der Waals surface area contributed by atoms with Crippen molar-refractivity contribution in [3.63, 3.8) is 0 Å². The summed E-state index contributed by atoms with van der Waals surface area (Å²) in [4.78, 5) is 23.6. The van der Waals surface area contributed by atoms with Crippen LogP contribution in [-0.4, -0.2) is 58.8 Å². The van der Waals surface area contributed by atoms with Crippen molar-refractivity contribution in [2.75, 3.05) is 34.8 Å². The Kier molecular flexibility index (Phi) is 6.33. The fraction of sp³-hybridized carbons (Fsp3) is 0.261. The van der Waals surface area contributed by atoms with Crippen molar-refractivity contribution in [3.8, 4) is 5.88 Å². The van der Waals surface area contributed by atoms with Gasteiger partial charge in [-0.3, -0.25) is 13.9 Å². The fourth-order valence-corrected chi connectivity index (χ4v) is 4.90. The molecule has 1 aliphatic rings. The molecule has 37 heavy (non-hydrogen) atoms. The Morgan fingerprint density at radius 1 is 1.14 bits per heavy atom. The topological polar surface area (TPSA) is 144 Å². The average molecular weight is 527 g/mol. The third kappa shape index (κ3) is 5.14. The van der Waals surface area contributed by atoms with Crippen LogP contribution in [0.5, 0.6) is 5.88 Å². The van der Waals surface area contributed by atoms with Gasteiger partial charge in [-0.15, -0.1) is 10.2 Å². The van der Waals surface area contributed by atoms with E-state index in [1.54, 1.807) is 18.3 Å². The zero-order valence-corrected chi connectivity index (χ0v) is 20.7. The minimum Gasteiger partial charge on any atom is -0.481 e. The first-order valence-corrected chi connectivity index (χ1v) is 13.2. The molecule has 2 N–H and O–H groups in total. The number of carbonyl (C=O) groups excluding carboxylic acids is 1. The molecule has 0 bridgehead atoms. The molecule has 1 fully saturated rings. The number of nitrogens with zero attached hydrogens (tertiary/aromatic N) is 6. The highest BCUT2D eigenvalue weighted by Gasteiger charge is 2.31. The van der Waals surface area contributed by atoms with Gasteiger partial charge in [-0.25, -0.2) is 22.8 Å². The smallest absolute Gasteiger partial charge is 0.293 e. The Hall–Kier alpha value is -4.33. The van der Waals surface area contributed by atoms with Gasteiger partial charge in [-0.2, -0.15) is 0 Å². The zero-order valence-electron chi connectivity index (χ0n) is 19.9. The molecule has 1 aromatic carbocycles. The van der Waals surface area contributed by atoms with Crippen LogP contribution in [0.2, 0.25) is 0 Å². The van der Waals surface area contributed by atoms with Crippen molar-refractivity contribution >= 4 is 38.8 Å². The number of carbonyl (C=O) groups is 1. The largest absolute Gasteiger partial charge is 0.481 e.